The van der Waals surface area contributed by atoms with Gasteiger partial charge in [0, 0.05) is 48.1 Å². The average Bonchev–Trinajstić information content (AvgIpc) is 3.77. The highest BCUT2D eigenvalue weighted by Crippen LogP contribution is 2.52. The fourth-order valence-corrected chi connectivity index (χ4v) is 10.2. The Morgan fingerprint density at radius 3 is 1.75 bits per heavy atom. The minimum Gasteiger partial charge on any atom is -0.309 e. The van der Waals surface area contributed by atoms with E-state index in [0.717, 1.165) is 5.69 Å². The highest BCUT2D eigenvalue weighted by molar-refractivity contribution is 7.99. The van der Waals surface area contributed by atoms with Gasteiger partial charge in [0.15, 0.2) is 0 Å². The Bertz CT molecular complexity index is 3330. The summed E-state index contributed by atoms with van der Waals surface area (Å²) in [6, 6.07) is 71.3. The van der Waals surface area contributed by atoms with E-state index in [9.17, 15) is 0 Å². The predicted molar refractivity (Wildman–Crippen MR) is 233 cm³/mol. The molecule has 0 aliphatic carbocycles. The van der Waals surface area contributed by atoms with Crippen molar-refractivity contribution in [2.75, 3.05) is 0 Å². The van der Waals surface area contributed by atoms with Gasteiger partial charge in [0.2, 0.25) is 0 Å². The number of hydrogen-bond acceptors (Lipinski definition) is 1. The molecule has 0 radical (unpaired) electrons. The van der Waals surface area contributed by atoms with Crippen LogP contribution in [0.25, 0.3) is 99.1 Å². The van der Waals surface area contributed by atoms with Gasteiger partial charge >= 0.3 is 0 Å². The van der Waals surface area contributed by atoms with Crippen LogP contribution in [-0.2, 0) is 0 Å². The van der Waals surface area contributed by atoms with Crippen LogP contribution in [0.5, 0.6) is 0 Å². The summed E-state index contributed by atoms with van der Waals surface area (Å²) in [5, 5.41) is 7.78. The number of aromatic nitrogens is 2. The van der Waals surface area contributed by atoms with Crippen molar-refractivity contribution in [3.8, 4) is 44.8 Å². The SMILES string of the molecule is c1ccc(-c2ccc3c(c2)c2ccccc2n3-c2cccc(-c3ccc4c(c3)-c3cccc5c3c(cc3c5c5ccccc5n3-c3ccccc3)S4)c2)cc1. The van der Waals surface area contributed by atoms with Gasteiger partial charge in [-0.15, -0.1) is 0 Å². The first kappa shape index (κ1) is 30.6. The molecule has 1 aliphatic heterocycles. The van der Waals surface area contributed by atoms with Crippen molar-refractivity contribution < 1.29 is 0 Å². The molecule has 0 bridgehead atoms. The molecular weight excluding hydrogens is 685 g/mol. The van der Waals surface area contributed by atoms with Gasteiger partial charge in [-0.3, -0.25) is 0 Å². The van der Waals surface area contributed by atoms with E-state index in [2.05, 4.69) is 203 Å². The van der Waals surface area contributed by atoms with Crippen LogP contribution in [0.1, 0.15) is 0 Å². The maximum atomic E-state index is 2.43. The van der Waals surface area contributed by atoms with E-state index in [4.69, 9.17) is 0 Å². The quantitative estimate of drug-likeness (QED) is 0.176. The van der Waals surface area contributed by atoms with Crippen molar-refractivity contribution in [2.24, 2.45) is 0 Å². The Hall–Kier alpha value is -6.81. The van der Waals surface area contributed by atoms with E-state index in [1.165, 1.54) is 103 Å². The first-order chi connectivity index (χ1) is 27.3. The molecule has 3 heteroatoms. The number of hydrogen-bond donors (Lipinski definition) is 0. The van der Waals surface area contributed by atoms with Crippen molar-refractivity contribution in [2.45, 2.75) is 9.79 Å². The van der Waals surface area contributed by atoms with E-state index in [0.29, 0.717) is 0 Å². The van der Waals surface area contributed by atoms with Gasteiger partial charge in [0.05, 0.1) is 22.1 Å². The van der Waals surface area contributed by atoms with Gasteiger partial charge in [0.25, 0.3) is 0 Å². The minimum absolute atomic E-state index is 1.16. The lowest BCUT2D eigenvalue weighted by Gasteiger charge is -2.22. The van der Waals surface area contributed by atoms with Crippen molar-refractivity contribution >= 4 is 66.1 Å². The fraction of sp³-hybridized carbons (Fsp3) is 0. The maximum Gasteiger partial charge on any atom is 0.0558 e. The average molecular weight is 717 g/mol. The molecule has 256 valence electrons. The summed E-state index contributed by atoms with van der Waals surface area (Å²) in [5.41, 5.74) is 14.7. The lowest BCUT2D eigenvalue weighted by atomic mass is 9.93. The van der Waals surface area contributed by atoms with Crippen LogP contribution < -0.4 is 0 Å². The summed E-state index contributed by atoms with van der Waals surface area (Å²) < 4.78 is 4.85. The zero-order valence-corrected chi connectivity index (χ0v) is 30.6. The van der Waals surface area contributed by atoms with Crippen LogP contribution in [0.4, 0.5) is 0 Å². The molecule has 0 amide bonds. The zero-order valence-electron chi connectivity index (χ0n) is 29.8. The van der Waals surface area contributed by atoms with E-state index in [-0.39, 0.29) is 0 Å². The topological polar surface area (TPSA) is 9.86 Å². The van der Waals surface area contributed by atoms with Gasteiger partial charge < -0.3 is 9.13 Å². The second kappa shape index (κ2) is 11.8. The standard InChI is InChI=1S/C52H32N2S/c1-3-13-33(14-4-1)35-25-27-47-43(30-35)39-19-7-9-23-45(39)54(47)38-18-11-15-34(29-38)36-26-28-49-44(31-36)40-21-12-22-42-51-41-20-8-10-24-46(41)53(37-16-5-2-6-17-37)48(51)32-50(55-49)52(40)42/h1-32H. The van der Waals surface area contributed by atoms with E-state index >= 15 is 0 Å². The van der Waals surface area contributed by atoms with E-state index < -0.39 is 0 Å². The Kier molecular flexibility index (Phi) is 6.60. The van der Waals surface area contributed by atoms with Crippen LogP contribution in [-0.4, -0.2) is 9.13 Å². The Morgan fingerprint density at radius 2 is 0.891 bits per heavy atom. The summed E-state index contributed by atoms with van der Waals surface area (Å²) in [4.78, 5) is 2.60. The predicted octanol–water partition coefficient (Wildman–Crippen LogP) is 14.5. The monoisotopic (exact) mass is 716 g/mol. The molecule has 2 nitrogen and oxygen atoms in total. The second-order valence-corrected chi connectivity index (χ2v) is 15.6. The van der Waals surface area contributed by atoms with Crippen molar-refractivity contribution in [1.82, 2.24) is 9.13 Å². The zero-order chi connectivity index (χ0) is 36.0. The van der Waals surface area contributed by atoms with Crippen LogP contribution in [0.15, 0.2) is 204 Å². The van der Waals surface area contributed by atoms with E-state index in [1.807, 2.05) is 11.8 Å². The van der Waals surface area contributed by atoms with Gasteiger partial charge in [0.1, 0.15) is 0 Å². The number of benzene rings is 9. The third kappa shape index (κ3) is 4.57. The van der Waals surface area contributed by atoms with Crippen LogP contribution >= 0.6 is 11.8 Å². The Morgan fingerprint density at radius 1 is 0.291 bits per heavy atom. The molecule has 0 spiro atoms. The van der Waals surface area contributed by atoms with Gasteiger partial charge in [-0.1, -0.05) is 139 Å². The largest absolute Gasteiger partial charge is 0.309 e. The fourth-order valence-electron chi connectivity index (χ4n) is 9.08. The molecule has 0 fully saturated rings. The third-order valence-corrected chi connectivity index (χ3v) is 12.6. The first-order valence-corrected chi connectivity index (χ1v) is 19.7. The molecule has 12 rings (SSSR count). The molecule has 0 N–H and O–H groups in total. The van der Waals surface area contributed by atoms with E-state index in [1.54, 1.807) is 0 Å². The summed E-state index contributed by atoms with van der Waals surface area (Å²) in [7, 11) is 0. The van der Waals surface area contributed by atoms with Crippen LogP contribution in [0.2, 0.25) is 0 Å². The van der Waals surface area contributed by atoms with Gasteiger partial charge in [-0.05, 0) is 105 Å². The minimum atomic E-state index is 1.16. The number of para-hydroxylation sites is 3. The molecular formula is C52H32N2S. The van der Waals surface area contributed by atoms with Gasteiger partial charge in [-0.25, -0.2) is 0 Å². The van der Waals surface area contributed by atoms with Crippen molar-refractivity contribution in [1.29, 1.82) is 0 Å². The summed E-state index contributed by atoms with van der Waals surface area (Å²) in [6.07, 6.45) is 0. The second-order valence-electron chi connectivity index (χ2n) is 14.5. The molecule has 11 aromatic rings. The molecule has 3 heterocycles. The molecule has 0 saturated heterocycles. The molecule has 55 heavy (non-hydrogen) atoms. The normalized spacial score (nSPS) is 12.3. The summed E-state index contributed by atoms with van der Waals surface area (Å²) in [6.45, 7) is 0. The molecule has 2 aromatic heterocycles. The molecule has 9 aromatic carbocycles. The molecule has 1 aliphatic rings. The smallest absolute Gasteiger partial charge is 0.0558 e. The lowest BCUT2D eigenvalue weighted by Crippen LogP contribution is -1.97. The van der Waals surface area contributed by atoms with Crippen molar-refractivity contribution in [3.63, 3.8) is 0 Å². The highest BCUT2D eigenvalue weighted by atomic mass is 32.2. The number of rotatable bonds is 4. The Labute approximate surface area is 322 Å². The molecule has 0 unspecified atom stereocenters. The first-order valence-electron chi connectivity index (χ1n) is 18.8. The molecule has 0 saturated carbocycles. The summed E-state index contributed by atoms with van der Waals surface area (Å²) in [5.74, 6) is 0. The highest BCUT2D eigenvalue weighted by Gasteiger charge is 2.24. The van der Waals surface area contributed by atoms with Gasteiger partial charge in [-0.2, -0.15) is 0 Å². The van der Waals surface area contributed by atoms with Crippen LogP contribution in [0.3, 0.4) is 0 Å². The van der Waals surface area contributed by atoms with Crippen LogP contribution in [0, 0.1) is 0 Å². The Balaban J connectivity index is 1.01. The molecule has 0 atom stereocenters. The number of fused-ring (bicyclic) bond motifs is 9. The lowest BCUT2D eigenvalue weighted by molar-refractivity contribution is 1.18. The number of nitrogens with zero attached hydrogens (tertiary/aromatic N) is 2. The third-order valence-electron chi connectivity index (χ3n) is 11.5. The summed E-state index contributed by atoms with van der Waals surface area (Å²) >= 11 is 1.89. The maximum absolute atomic E-state index is 2.43. The van der Waals surface area contributed by atoms with Crippen molar-refractivity contribution in [3.05, 3.63) is 194 Å².